The summed E-state index contributed by atoms with van der Waals surface area (Å²) in [5, 5.41) is 2.41. The molecule has 0 unspecified atom stereocenters. The molecule has 0 fully saturated rings. The molecule has 2 aromatic rings. The predicted molar refractivity (Wildman–Crippen MR) is 65.1 cm³/mol. The van der Waals surface area contributed by atoms with Crippen LogP contribution in [-0.2, 0) is 0 Å². The second-order valence-electron chi connectivity index (χ2n) is 3.12. The first-order valence-electron chi connectivity index (χ1n) is 4.40. The Morgan fingerprint density at radius 2 is 1.79 bits per heavy atom. The van der Waals surface area contributed by atoms with E-state index in [1.54, 1.807) is 0 Å². The van der Waals surface area contributed by atoms with Gasteiger partial charge in [-0.3, -0.25) is 0 Å². The zero-order valence-corrected chi connectivity index (χ0v) is 8.59. The van der Waals surface area contributed by atoms with Crippen molar-refractivity contribution in [3.63, 3.8) is 0 Å². The number of hydrogen-bond acceptors (Lipinski definition) is 2. The summed E-state index contributed by atoms with van der Waals surface area (Å²) in [7, 11) is 0. The summed E-state index contributed by atoms with van der Waals surface area (Å²) in [5.41, 5.74) is 1.92. The molecule has 2 heteroatoms. The molecule has 0 aromatic heterocycles. The monoisotopic (exact) mass is 201 g/mol. The van der Waals surface area contributed by atoms with Crippen LogP contribution in [0, 0.1) is 0 Å². The first-order chi connectivity index (χ1) is 6.83. The van der Waals surface area contributed by atoms with E-state index in [9.17, 15) is 0 Å². The highest BCUT2D eigenvalue weighted by molar-refractivity contribution is 7.78. The van der Waals surface area contributed by atoms with Crippen LogP contribution < -0.4 is 4.72 Å². The minimum Gasteiger partial charge on any atom is -0.332 e. The molecule has 0 aliphatic carbocycles. The summed E-state index contributed by atoms with van der Waals surface area (Å²) in [6.45, 7) is 3.91. The molecule has 0 spiro atoms. The van der Waals surface area contributed by atoms with Gasteiger partial charge in [-0.25, -0.2) is 0 Å². The Kier molecular flexibility index (Phi) is 2.46. The third-order valence-corrected chi connectivity index (χ3v) is 2.52. The van der Waals surface area contributed by atoms with Crippen molar-refractivity contribution in [1.29, 1.82) is 0 Å². The van der Waals surface area contributed by atoms with Crippen molar-refractivity contribution in [3.05, 3.63) is 54.6 Å². The van der Waals surface area contributed by atoms with Gasteiger partial charge in [-0.05, 0) is 10.8 Å². The number of rotatable bonds is 2. The molecule has 1 N–H and O–H groups in total. The third kappa shape index (κ3) is 1.49. The van der Waals surface area contributed by atoms with Crippen LogP contribution in [0.4, 0.5) is 0 Å². The van der Waals surface area contributed by atoms with E-state index in [2.05, 4.69) is 42.3 Å². The predicted octanol–water partition coefficient (Wildman–Crippen LogP) is 3.24. The summed E-state index contributed by atoms with van der Waals surface area (Å²) in [5.74, 6) is 0. The van der Waals surface area contributed by atoms with Crippen LogP contribution in [0.1, 0.15) is 5.56 Å². The highest BCUT2D eigenvalue weighted by atomic mass is 32.1. The standard InChI is InChI=1S/C12H11NS/c1-9(13-14)11-8-4-6-10-5-2-3-7-12(10)11/h2-8,13-14H,1H2. The molecule has 0 amide bonds. The quantitative estimate of drug-likeness (QED) is 0.711. The lowest BCUT2D eigenvalue weighted by Crippen LogP contribution is -1.96. The van der Waals surface area contributed by atoms with Crippen molar-refractivity contribution in [1.82, 2.24) is 4.72 Å². The molecule has 0 radical (unpaired) electrons. The maximum absolute atomic E-state index is 4.00. The zero-order valence-electron chi connectivity index (χ0n) is 7.70. The summed E-state index contributed by atoms with van der Waals surface area (Å²) in [6, 6.07) is 14.4. The Morgan fingerprint density at radius 3 is 2.57 bits per heavy atom. The average Bonchev–Trinajstić information content (AvgIpc) is 2.27. The van der Waals surface area contributed by atoms with E-state index in [-0.39, 0.29) is 0 Å². The minimum absolute atomic E-state index is 0.824. The van der Waals surface area contributed by atoms with Gasteiger partial charge >= 0.3 is 0 Å². The fourth-order valence-electron chi connectivity index (χ4n) is 1.55. The van der Waals surface area contributed by atoms with Crippen LogP contribution >= 0.6 is 12.8 Å². The average molecular weight is 201 g/mol. The molecule has 14 heavy (non-hydrogen) atoms. The van der Waals surface area contributed by atoms with Crippen LogP contribution in [0.15, 0.2) is 49.0 Å². The van der Waals surface area contributed by atoms with Gasteiger partial charge in [-0.2, -0.15) is 0 Å². The van der Waals surface area contributed by atoms with Crippen molar-refractivity contribution >= 4 is 29.3 Å². The van der Waals surface area contributed by atoms with Gasteiger partial charge in [0.2, 0.25) is 0 Å². The van der Waals surface area contributed by atoms with Gasteiger partial charge < -0.3 is 4.72 Å². The Labute approximate surface area is 89.0 Å². The maximum atomic E-state index is 4.00. The van der Waals surface area contributed by atoms with Gasteiger partial charge in [0, 0.05) is 11.3 Å². The zero-order chi connectivity index (χ0) is 9.97. The van der Waals surface area contributed by atoms with Gasteiger partial charge in [-0.15, -0.1) is 0 Å². The number of hydrogen-bond donors (Lipinski definition) is 2. The first kappa shape index (κ1) is 9.16. The number of thiol groups is 1. The van der Waals surface area contributed by atoms with E-state index in [1.807, 2.05) is 24.3 Å². The number of nitrogens with one attached hydrogen (secondary N) is 1. The SMILES string of the molecule is C=C(NS)c1cccc2ccccc12. The Bertz CT molecular complexity index is 471. The second-order valence-corrected chi connectivity index (χ2v) is 3.34. The van der Waals surface area contributed by atoms with Crippen LogP contribution in [0.3, 0.4) is 0 Å². The lowest BCUT2D eigenvalue weighted by molar-refractivity contribution is 1.45. The Balaban J connectivity index is 2.71. The summed E-state index contributed by atoms with van der Waals surface area (Å²) in [4.78, 5) is 0. The van der Waals surface area contributed by atoms with E-state index in [0.29, 0.717) is 0 Å². The molecule has 0 aliphatic rings. The first-order valence-corrected chi connectivity index (χ1v) is 4.85. The normalized spacial score (nSPS) is 10.1. The molecule has 0 saturated heterocycles. The van der Waals surface area contributed by atoms with E-state index in [4.69, 9.17) is 0 Å². The molecule has 0 bridgehead atoms. The molecular formula is C12H11NS. The van der Waals surface area contributed by atoms with Crippen molar-refractivity contribution in [2.24, 2.45) is 0 Å². The van der Waals surface area contributed by atoms with Gasteiger partial charge in [0.05, 0.1) is 0 Å². The molecule has 70 valence electrons. The molecule has 0 atom stereocenters. The summed E-state index contributed by atoms with van der Waals surface area (Å²) >= 11 is 4.00. The van der Waals surface area contributed by atoms with Crippen molar-refractivity contribution in [2.45, 2.75) is 0 Å². The lowest BCUT2D eigenvalue weighted by Gasteiger charge is -2.07. The minimum atomic E-state index is 0.824. The fraction of sp³-hybridized carbons (Fsp3) is 0. The molecule has 2 aromatic carbocycles. The van der Waals surface area contributed by atoms with Crippen molar-refractivity contribution in [2.75, 3.05) is 0 Å². The van der Waals surface area contributed by atoms with Crippen LogP contribution in [0.25, 0.3) is 16.5 Å². The Morgan fingerprint density at radius 1 is 1.07 bits per heavy atom. The van der Waals surface area contributed by atoms with Crippen LogP contribution in [0.2, 0.25) is 0 Å². The highest BCUT2D eigenvalue weighted by Crippen LogP contribution is 2.22. The fourth-order valence-corrected chi connectivity index (χ4v) is 1.67. The summed E-state index contributed by atoms with van der Waals surface area (Å²) < 4.78 is 2.77. The molecule has 0 aliphatic heterocycles. The lowest BCUT2D eigenvalue weighted by atomic mass is 10.0. The van der Waals surface area contributed by atoms with Gasteiger partial charge in [0.25, 0.3) is 0 Å². The van der Waals surface area contributed by atoms with E-state index in [1.165, 1.54) is 10.8 Å². The van der Waals surface area contributed by atoms with Crippen molar-refractivity contribution in [3.8, 4) is 0 Å². The van der Waals surface area contributed by atoms with Gasteiger partial charge in [-0.1, -0.05) is 61.9 Å². The summed E-state index contributed by atoms with van der Waals surface area (Å²) in [6.07, 6.45) is 0. The van der Waals surface area contributed by atoms with E-state index >= 15 is 0 Å². The largest absolute Gasteiger partial charge is 0.332 e. The van der Waals surface area contributed by atoms with Gasteiger partial charge in [0.15, 0.2) is 0 Å². The molecular weight excluding hydrogens is 190 g/mol. The highest BCUT2D eigenvalue weighted by Gasteiger charge is 2.01. The Hall–Kier alpha value is -1.41. The smallest absolute Gasteiger partial charge is 0.0444 e. The van der Waals surface area contributed by atoms with Crippen LogP contribution in [-0.4, -0.2) is 0 Å². The van der Waals surface area contributed by atoms with Gasteiger partial charge in [0.1, 0.15) is 0 Å². The third-order valence-electron chi connectivity index (χ3n) is 2.25. The topological polar surface area (TPSA) is 12.0 Å². The molecule has 1 nitrogen and oxygen atoms in total. The maximum Gasteiger partial charge on any atom is 0.0444 e. The molecule has 0 saturated carbocycles. The molecule has 0 heterocycles. The van der Waals surface area contributed by atoms with E-state index in [0.717, 1.165) is 11.3 Å². The second kappa shape index (κ2) is 3.76. The van der Waals surface area contributed by atoms with Crippen molar-refractivity contribution < 1.29 is 0 Å². The number of benzene rings is 2. The van der Waals surface area contributed by atoms with E-state index < -0.39 is 0 Å². The van der Waals surface area contributed by atoms with Crippen LogP contribution in [0.5, 0.6) is 0 Å². The molecule has 2 rings (SSSR count). The number of fused-ring (bicyclic) bond motifs is 1.